The first kappa shape index (κ1) is 19.1. The van der Waals surface area contributed by atoms with Crippen LogP contribution in [0.3, 0.4) is 0 Å². The molecule has 6 nitrogen and oxygen atoms in total. The molecule has 0 unspecified atom stereocenters. The van der Waals surface area contributed by atoms with Gasteiger partial charge in [-0.3, -0.25) is 14.3 Å². The van der Waals surface area contributed by atoms with E-state index in [0.29, 0.717) is 23.3 Å². The van der Waals surface area contributed by atoms with Crippen molar-refractivity contribution in [3.05, 3.63) is 53.9 Å². The van der Waals surface area contributed by atoms with Gasteiger partial charge >= 0.3 is 0 Å². The highest BCUT2D eigenvalue weighted by Gasteiger charge is 2.19. The molecule has 1 aromatic carbocycles. The fourth-order valence-electron chi connectivity index (χ4n) is 2.69. The monoisotopic (exact) mass is 381 g/mol. The maximum atomic E-state index is 12.0. The fourth-order valence-corrected chi connectivity index (χ4v) is 3.46. The van der Waals surface area contributed by atoms with Crippen LogP contribution in [0, 0.1) is 13.8 Å². The van der Waals surface area contributed by atoms with Crippen molar-refractivity contribution in [2.45, 2.75) is 32.3 Å². The Labute approximate surface area is 163 Å². The predicted molar refractivity (Wildman–Crippen MR) is 108 cm³/mol. The van der Waals surface area contributed by atoms with Crippen LogP contribution in [0.2, 0.25) is 0 Å². The molecular weight excluding hydrogens is 358 g/mol. The van der Waals surface area contributed by atoms with E-state index in [1.807, 2.05) is 35.8 Å². The number of carbonyl (C=O) groups excluding carboxylic acids is 1. The largest absolute Gasteiger partial charge is 0.355 e. The van der Waals surface area contributed by atoms with Crippen molar-refractivity contribution in [1.29, 1.82) is 0 Å². The van der Waals surface area contributed by atoms with Crippen LogP contribution in [0.15, 0.2) is 47.9 Å². The minimum absolute atomic E-state index is 0.000270. The van der Waals surface area contributed by atoms with Crippen LogP contribution >= 0.6 is 11.8 Å². The molecule has 0 bridgehead atoms. The van der Waals surface area contributed by atoms with E-state index in [2.05, 4.69) is 40.4 Å². The van der Waals surface area contributed by atoms with E-state index >= 15 is 0 Å². The molecule has 0 atom stereocenters. The van der Waals surface area contributed by atoms with Crippen molar-refractivity contribution in [1.82, 2.24) is 25.1 Å². The number of hydrogen-bond acceptors (Lipinski definition) is 5. The highest BCUT2D eigenvalue weighted by molar-refractivity contribution is 7.99. The maximum Gasteiger partial charge on any atom is 0.230 e. The number of carbonyl (C=O) groups is 1. The number of amides is 1. The molecule has 0 aliphatic rings. The maximum absolute atomic E-state index is 12.0. The summed E-state index contributed by atoms with van der Waals surface area (Å²) in [5, 5.41) is 12.3. The van der Waals surface area contributed by atoms with Gasteiger partial charge in [-0.1, -0.05) is 30.8 Å². The quantitative estimate of drug-likeness (QED) is 0.634. The number of nitrogens with zero attached hydrogens (tertiary/aromatic N) is 4. The summed E-state index contributed by atoms with van der Waals surface area (Å²) < 4.78 is 2.01. The van der Waals surface area contributed by atoms with Crippen LogP contribution in [-0.4, -0.2) is 38.0 Å². The number of pyridine rings is 1. The topological polar surface area (TPSA) is 72.7 Å². The molecular formula is C20H23N5OS. The minimum Gasteiger partial charge on any atom is -0.355 e. The second-order valence-corrected chi connectivity index (χ2v) is 7.18. The number of aryl methyl sites for hydroxylation is 1. The third-order valence-corrected chi connectivity index (χ3v) is 5.20. The second kappa shape index (κ2) is 8.81. The minimum atomic E-state index is 0.000270. The van der Waals surface area contributed by atoms with Crippen LogP contribution in [0.5, 0.6) is 0 Å². The number of rotatable bonds is 7. The van der Waals surface area contributed by atoms with E-state index in [-0.39, 0.29) is 5.91 Å². The van der Waals surface area contributed by atoms with E-state index in [0.717, 1.165) is 23.2 Å². The molecule has 0 saturated carbocycles. The van der Waals surface area contributed by atoms with E-state index < -0.39 is 0 Å². The zero-order valence-corrected chi connectivity index (χ0v) is 16.6. The lowest BCUT2D eigenvalue weighted by atomic mass is 10.1. The molecule has 0 saturated heterocycles. The predicted octanol–water partition coefficient (Wildman–Crippen LogP) is 3.56. The van der Waals surface area contributed by atoms with Gasteiger partial charge in [-0.15, -0.1) is 10.2 Å². The molecule has 1 N–H and O–H groups in total. The van der Waals surface area contributed by atoms with Gasteiger partial charge in [0, 0.05) is 24.5 Å². The molecule has 140 valence electrons. The van der Waals surface area contributed by atoms with E-state index in [1.165, 1.54) is 17.3 Å². The first-order valence-electron chi connectivity index (χ1n) is 8.93. The number of hydrogen-bond donors (Lipinski definition) is 1. The van der Waals surface area contributed by atoms with E-state index in [4.69, 9.17) is 0 Å². The Morgan fingerprint density at radius 2 is 2.04 bits per heavy atom. The average Bonchev–Trinajstić information content (AvgIpc) is 3.11. The Bertz CT molecular complexity index is 923. The molecule has 0 fully saturated rings. The Morgan fingerprint density at radius 1 is 1.19 bits per heavy atom. The Balaban J connectivity index is 2.00. The van der Waals surface area contributed by atoms with Crippen molar-refractivity contribution >= 4 is 17.7 Å². The summed E-state index contributed by atoms with van der Waals surface area (Å²) in [6, 6.07) is 9.99. The van der Waals surface area contributed by atoms with Crippen molar-refractivity contribution in [3.63, 3.8) is 0 Å². The van der Waals surface area contributed by atoms with Crippen LogP contribution in [0.4, 0.5) is 0 Å². The molecule has 0 spiro atoms. The third-order valence-electron chi connectivity index (χ3n) is 4.27. The fraction of sp³-hybridized carbons (Fsp3) is 0.300. The summed E-state index contributed by atoms with van der Waals surface area (Å²) >= 11 is 1.39. The smallest absolute Gasteiger partial charge is 0.230 e. The molecule has 0 aliphatic carbocycles. The Morgan fingerprint density at radius 3 is 2.78 bits per heavy atom. The number of nitrogens with one attached hydrogen (secondary N) is 1. The first-order chi connectivity index (χ1) is 13.1. The molecule has 3 aromatic rings. The van der Waals surface area contributed by atoms with Gasteiger partial charge in [-0.2, -0.15) is 0 Å². The molecule has 3 rings (SSSR count). The summed E-state index contributed by atoms with van der Waals surface area (Å²) in [5.41, 5.74) is 4.23. The van der Waals surface area contributed by atoms with Gasteiger partial charge in [-0.25, -0.2) is 0 Å². The number of thioether (sulfide) groups is 1. The lowest BCUT2D eigenvalue weighted by Gasteiger charge is -2.14. The summed E-state index contributed by atoms with van der Waals surface area (Å²) in [4.78, 5) is 16.2. The molecule has 27 heavy (non-hydrogen) atoms. The van der Waals surface area contributed by atoms with Crippen molar-refractivity contribution in [2.24, 2.45) is 0 Å². The van der Waals surface area contributed by atoms with Gasteiger partial charge < -0.3 is 5.32 Å². The molecule has 2 aromatic heterocycles. The van der Waals surface area contributed by atoms with Gasteiger partial charge in [0.05, 0.1) is 11.4 Å². The summed E-state index contributed by atoms with van der Waals surface area (Å²) in [6.45, 7) is 6.88. The Hall–Kier alpha value is -2.67. The lowest BCUT2D eigenvalue weighted by molar-refractivity contribution is -0.118. The highest BCUT2D eigenvalue weighted by Crippen LogP contribution is 2.29. The molecule has 0 aliphatic heterocycles. The summed E-state index contributed by atoms with van der Waals surface area (Å²) in [7, 11) is 0. The molecule has 2 heterocycles. The van der Waals surface area contributed by atoms with Gasteiger partial charge in [0.25, 0.3) is 0 Å². The van der Waals surface area contributed by atoms with Gasteiger partial charge in [0.1, 0.15) is 0 Å². The van der Waals surface area contributed by atoms with Crippen LogP contribution in [-0.2, 0) is 4.79 Å². The molecule has 1 amide bonds. The second-order valence-electron chi connectivity index (χ2n) is 6.24. The summed E-state index contributed by atoms with van der Waals surface area (Å²) in [5.74, 6) is 1.02. The number of benzene rings is 1. The molecule has 7 heteroatoms. The SMILES string of the molecule is CCCNC(=O)CSc1nnc(-c2cccnc2)n1-c1cccc(C)c1C. The van der Waals surface area contributed by atoms with Crippen LogP contribution in [0.25, 0.3) is 17.1 Å². The Kier molecular flexibility index (Phi) is 6.24. The van der Waals surface area contributed by atoms with Crippen LogP contribution in [0.1, 0.15) is 24.5 Å². The van der Waals surface area contributed by atoms with Gasteiger partial charge in [-0.05, 0) is 49.6 Å². The number of aromatic nitrogens is 4. The van der Waals surface area contributed by atoms with Gasteiger partial charge in [0.15, 0.2) is 11.0 Å². The first-order valence-corrected chi connectivity index (χ1v) is 9.92. The van der Waals surface area contributed by atoms with Crippen LogP contribution < -0.4 is 5.32 Å². The average molecular weight is 382 g/mol. The summed E-state index contributed by atoms with van der Waals surface area (Å²) in [6.07, 6.45) is 4.42. The highest BCUT2D eigenvalue weighted by atomic mass is 32.2. The van der Waals surface area contributed by atoms with Crippen molar-refractivity contribution < 1.29 is 4.79 Å². The lowest BCUT2D eigenvalue weighted by Crippen LogP contribution is -2.25. The standard InChI is InChI=1S/C20H23N5OS/c1-4-10-22-18(26)13-27-20-24-23-19(16-8-6-11-21-12-16)25(20)17-9-5-7-14(2)15(17)3/h5-9,11-12H,4,10,13H2,1-3H3,(H,22,26). The third kappa shape index (κ3) is 4.36. The zero-order chi connectivity index (χ0) is 19.2. The van der Waals surface area contributed by atoms with E-state index in [1.54, 1.807) is 12.4 Å². The van der Waals surface area contributed by atoms with Crippen molar-refractivity contribution in [2.75, 3.05) is 12.3 Å². The molecule has 0 radical (unpaired) electrons. The van der Waals surface area contributed by atoms with Gasteiger partial charge in [0.2, 0.25) is 5.91 Å². The normalized spacial score (nSPS) is 10.8. The van der Waals surface area contributed by atoms with E-state index in [9.17, 15) is 4.79 Å². The van der Waals surface area contributed by atoms with Crippen molar-refractivity contribution in [3.8, 4) is 17.1 Å². The zero-order valence-electron chi connectivity index (χ0n) is 15.8.